The van der Waals surface area contributed by atoms with Crippen LogP contribution in [-0.2, 0) is 6.42 Å². The molecule has 0 saturated heterocycles. The Hall–Kier alpha value is -1.42. The lowest BCUT2D eigenvalue weighted by molar-refractivity contribution is 0.00890. The van der Waals surface area contributed by atoms with Crippen LogP contribution < -0.4 is 4.74 Å². The van der Waals surface area contributed by atoms with E-state index < -0.39 is 0 Å². The fourth-order valence-electron chi connectivity index (χ4n) is 6.19. The molecule has 0 aliphatic heterocycles. The third-order valence-corrected chi connectivity index (χ3v) is 7.86. The van der Waals surface area contributed by atoms with Gasteiger partial charge < -0.3 is 4.74 Å². The Bertz CT molecular complexity index is 669. The molecule has 23 heavy (non-hydrogen) atoms. The lowest BCUT2D eigenvalue weighted by Crippen LogP contribution is -2.45. The normalized spacial score (nSPS) is 41.4. The van der Waals surface area contributed by atoms with Crippen LogP contribution in [0.3, 0.4) is 0 Å². The molecule has 1 heteroatoms. The molecule has 2 fully saturated rings. The Morgan fingerprint density at radius 3 is 2.74 bits per heavy atom. The maximum atomic E-state index is 5.97. The minimum absolute atomic E-state index is 0.100. The van der Waals surface area contributed by atoms with Crippen molar-refractivity contribution in [1.29, 1.82) is 0 Å². The molecule has 0 aromatic heterocycles. The standard InChI is InChI=1S/C22H28O/c1-5-21(2)12-11-20-19-8-6-15-14-16(23-4)7-9-17(15)18(19)10-13-22(20,21)3/h1,7,9,14,18-20H,6,8,10-13H2,2-4H3/t18-,19-,20+,21?,22+/m1/s1. The molecule has 0 bridgehead atoms. The predicted molar refractivity (Wildman–Crippen MR) is 94.6 cm³/mol. The summed E-state index contributed by atoms with van der Waals surface area (Å²) in [4.78, 5) is 0. The molecule has 1 aromatic rings. The molecule has 1 unspecified atom stereocenters. The van der Waals surface area contributed by atoms with Gasteiger partial charge in [0.1, 0.15) is 5.75 Å². The van der Waals surface area contributed by atoms with Crippen molar-refractivity contribution in [3.05, 3.63) is 29.3 Å². The number of methoxy groups -OCH3 is 1. The molecule has 0 N–H and O–H groups in total. The van der Waals surface area contributed by atoms with Crippen LogP contribution in [0.5, 0.6) is 5.75 Å². The summed E-state index contributed by atoms with van der Waals surface area (Å²) in [5.41, 5.74) is 3.56. The van der Waals surface area contributed by atoms with Gasteiger partial charge in [0.2, 0.25) is 0 Å². The molecule has 5 atom stereocenters. The van der Waals surface area contributed by atoms with E-state index >= 15 is 0 Å². The zero-order chi connectivity index (χ0) is 16.2. The highest BCUT2D eigenvalue weighted by molar-refractivity contribution is 5.41. The first-order valence-electron chi connectivity index (χ1n) is 9.17. The van der Waals surface area contributed by atoms with Crippen LogP contribution in [0.15, 0.2) is 18.2 Å². The number of ether oxygens (including phenoxy) is 1. The van der Waals surface area contributed by atoms with E-state index in [0.717, 1.165) is 23.5 Å². The summed E-state index contributed by atoms with van der Waals surface area (Å²) in [6, 6.07) is 6.75. The maximum absolute atomic E-state index is 5.97. The van der Waals surface area contributed by atoms with E-state index in [1.807, 2.05) is 0 Å². The summed E-state index contributed by atoms with van der Waals surface area (Å²) in [5, 5.41) is 0. The first-order chi connectivity index (χ1) is 11.0. The van der Waals surface area contributed by atoms with Gasteiger partial charge >= 0.3 is 0 Å². The van der Waals surface area contributed by atoms with Crippen molar-refractivity contribution >= 4 is 0 Å². The van der Waals surface area contributed by atoms with E-state index in [1.165, 1.54) is 44.1 Å². The van der Waals surface area contributed by atoms with Crippen molar-refractivity contribution in [2.24, 2.45) is 22.7 Å². The Balaban J connectivity index is 1.70. The number of fused-ring (bicyclic) bond motifs is 5. The molecule has 2 saturated carbocycles. The number of benzene rings is 1. The van der Waals surface area contributed by atoms with Crippen LogP contribution in [0.2, 0.25) is 0 Å². The van der Waals surface area contributed by atoms with E-state index in [0.29, 0.717) is 5.41 Å². The van der Waals surface area contributed by atoms with Crippen LogP contribution in [-0.4, -0.2) is 7.11 Å². The molecule has 3 aliphatic carbocycles. The quantitative estimate of drug-likeness (QED) is 0.649. The lowest BCUT2D eigenvalue weighted by Gasteiger charge is -2.53. The van der Waals surface area contributed by atoms with Gasteiger partial charge in [-0.2, -0.15) is 0 Å². The number of terminal acetylenes is 1. The monoisotopic (exact) mass is 308 g/mol. The number of aryl methyl sites for hydroxylation is 1. The fourth-order valence-corrected chi connectivity index (χ4v) is 6.19. The van der Waals surface area contributed by atoms with E-state index in [9.17, 15) is 0 Å². The molecule has 0 spiro atoms. The highest BCUT2D eigenvalue weighted by Gasteiger charge is 2.59. The van der Waals surface area contributed by atoms with Crippen LogP contribution >= 0.6 is 0 Å². The number of hydrogen-bond donors (Lipinski definition) is 0. The molecule has 122 valence electrons. The minimum atomic E-state index is 0.100. The van der Waals surface area contributed by atoms with E-state index in [1.54, 1.807) is 12.7 Å². The van der Waals surface area contributed by atoms with Gasteiger partial charge in [-0.05, 0) is 91.9 Å². The fraction of sp³-hybridized carbons (Fsp3) is 0.636. The summed E-state index contributed by atoms with van der Waals surface area (Å²) < 4.78 is 5.42. The van der Waals surface area contributed by atoms with Crippen molar-refractivity contribution in [3.8, 4) is 18.1 Å². The van der Waals surface area contributed by atoms with E-state index in [4.69, 9.17) is 11.2 Å². The largest absolute Gasteiger partial charge is 0.497 e. The predicted octanol–water partition coefficient (Wildman–Crippen LogP) is 5.19. The first-order valence-corrected chi connectivity index (χ1v) is 9.17. The Kier molecular flexibility index (Phi) is 3.31. The van der Waals surface area contributed by atoms with Gasteiger partial charge in [0.25, 0.3) is 0 Å². The minimum Gasteiger partial charge on any atom is -0.497 e. The highest BCUT2D eigenvalue weighted by atomic mass is 16.5. The van der Waals surface area contributed by atoms with Gasteiger partial charge in [-0.15, -0.1) is 6.42 Å². The molecular formula is C22H28O. The third kappa shape index (κ3) is 1.94. The van der Waals surface area contributed by atoms with E-state index in [2.05, 4.69) is 38.0 Å². The molecule has 0 amide bonds. The smallest absolute Gasteiger partial charge is 0.119 e. The summed E-state index contributed by atoms with van der Waals surface area (Å²) in [6.07, 6.45) is 13.6. The number of rotatable bonds is 1. The van der Waals surface area contributed by atoms with Crippen LogP contribution in [0, 0.1) is 35.0 Å². The van der Waals surface area contributed by atoms with Gasteiger partial charge in [-0.3, -0.25) is 0 Å². The summed E-state index contributed by atoms with van der Waals surface area (Å²) in [7, 11) is 1.76. The van der Waals surface area contributed by atoms with Gasteiger partial charge in [0.15, 0.2) is 0 Å². The van der Waals surface area contributed by atoms with Crippen molar-refractivity contribution in [2.75, 3.05) is 7.11 Å². The van der Waals surface area contributed by atoms with Crippen LogP contribution in [0.4, 0.5) is 0 Å². The molecule has 1 aromatic carbocycles. The first kappa shape index (κ1) is 15.1. The van der Waals surface area contributed by atoms with Crippen LogP contribution in [0.25, 0.3) is 0 Å². The van der Waals surface area contributed by atoms with Gasteiger partial charge in [0, 0.05) is 5.41 Å². The van der Waals surface area contributed by atoms with Crippen molar-refractivity contribution < 1.29 is 4.74 Å². The van der Waals surface area contributed by atoms with Crippen molar-refractivity contribution in [1.82, 2.24) is 0 Å². The van der Waals surface area contributed by atoms with Crippen molar-refractivity contribution in [3.63, 3.8) is 0 Å². The molecule has 3 aliphatic rings. The third-order valence-electron chi connectivity index (χ3n) is 7.86. The topological polar surface area (TPSA) is 9.23 Å². The number of hydrogen-bond acceptors (Lipinski definition) is 1. The average Bonchev–Trinajstić information content (AvgIpc) is 2.86. The molecule has 4 rings (SSSR count). The van der Waals surface area contributed by atoms with E-state index in [-0.39, 0.29) is 5.41 Å². The van der Waals surface area contributed by atoms with Crippen molar-refractivity contribution in [2.45, 2.75) is 58.3 Å². The zero-order valence-electron chi connectivity index (χ0n) is 14.7. The summed E-state index contributed by atoms with van der Waals surface area (Å²) in [6.45, 7) is 4.83. The Labute approximate surface area is 140 Å². The summed E-state index contributed by atoms with van der Waals surface area (Å²) in [5.74, 6) is 6.56. The second-order valence-electron chi connectivity index (χ2n) is 8.45. The molecule has 0 heterocycles. The zero-order valence-corrected chi connectivity index (χ0v) is 14.7. The highest BCUT2D eigenvalue weighted by Crippen LogP contribution is 2.67. The second-order valence-corrected chi connectivity index (χ2v) is 8.45. The van der Waals surface area contributed by atoms with Crippen LogP contribution in [0.1, 0.15) is 63.0 Å². The molecule has 0 radical (unpaired) electrons. The Morgan fingerprint density at radius 2 is 2.00 bits per heavy atom. The molecular weight excluding hydrogens is 280 g/mol. The second kappa shape index (κ2) is 5.04. The SMILES string of the molecule is C#CC1(C)CC[C@H]2[C@@H]3CCc4cc(OC)ccc4[C@H]3CC[C@@]21C. The lowest BCUT2D eigenvalue weighted by atomic mass is 9.51. The van der Waals surface area contributed by atoms with Gasteiger partial charge in [-0.1, -0.05) is 18.9 Å². The van der Waals surface area contributed by atoms with Gasteiger partial charge in [-0.25, -0.2) is 0 Å². The average molecular weight is 308 g/mol. The summed E-state index contributed by atoms with van der Waals surface area (Å²) >= 11 is 0. The molecule has 1 nitrogen and oxygen atoms in total. The maximum Gasteiger partial charge on any atom is 0.119 e. The Morgan fingerprint density at radius 1 is 1.17 bits per heavy atom. The van der Waals surface area contributed by atoms with Gasteiger partial charge in [0.05, 0.1) is 7.11 Å².